The van der Waals surface area contributed by atoms with Crippen LogP contribution in [0, 0.1) is 0 Å². The van der Waals surface area contributed by atoms with Crippen LogP contribution < -0.4 is 10.5 Å². The van der Waals surface area contributed by atoms with Gasteiger partial charge in [0.1, 0.15) is 5.75 Å². The summed E-state index contributed by atoms with van der Waals surface area (Å²) in [6.45, 7) is 3.37. The van der Waals surface area contributed by atoms with Crippen molar-refractivity contribution in [3.63, 3.8) is 0 Å². The van der Waals surface area contributed by atoms with E-state index in [0.717, 1.165) is 18.6 Å². The third kappa shape index (κ3) is 3.99. The molecule has 2 N–H and O–H groups in total. The highest BCUT2D eigenvalue weighted by atomic mass is 16.5. The Morgan fingerprint density at radius 1 is 1.15 bits per heavy atom. The predicted octanol–water partition coefficient (Wildman–Crippen LogP) is 0.878. The molecule has 0 aliphatic carbocycles. The number of benzene rings is 1. The molecule has 7 heteroatoms. The van der Waals surface area contributed by atoms with Crippen molar-refractivity contribution in [2.75, 3.05) is 46.4 Å². The van der Waals surface area contributed by atoms with Gasteiger partial charge in [0.2, 0.25) is 5.91 Å². The third-order valence-electron chi connectivity index (χ3n) is 5.26. The molecule has 1 aromatic carbocycles. The lowest BCUT2D eigenvalue weighted by atomic mass is 9.89. The lowest BCUT2D eigenvalue weighted by molar-refractivity contribution is -0.146. The molecule has 0 unspecified atom stereocenters. The molecular formula is C19H27N3O4. The third-order valence-corrected chi connectivity index (χ3v) is 5.26. The minimum absolute atomic E-state index is 0.0111. The highest BCUT2D eigenvalue weighted by Crippen LogP contribution is 2.31. The summed E-state index contributed by atoms with van der Waals surface area (Å²) >= 11 is 0. The van der Waals surface area contributed by atoms with E-state index in [-0.39, 0.29) is 17.4 Å². The van der Waals surface area contributed by atoms with E-state index in [0.29, 0.717) is 51.3 Å². The smallest absolute Gasteiger partial charge is 0.254 e. The van der Waals surface area contributed by atoms with Crippen LogP contribution in [0.25, 0.3) is 0 Å². The van der Waals surface area contributed by atoms with Gasteiger partial charge in [0.15, 0.2) is 0 Å². The predicted molar refractivity (Wildman–Crippen MR) is 97.1 cm³/mol. The van der Waals surface area contributed by atoms with Crippen LogP contribution in [-0.4, -0.2) is 73.7 Å². The summed E-state index contributed by atoms with van der Waals surface area (Å²) in [4.78, 5) is 28.6. The molecule has 0 saturated carbocycles. The van der Waals surface area contributed by atoms with E-state index in [9.17, 15) is 9.59 Å². The quantitative estimate of drug-likeness (QED) is 0.860. The lowest BCUT2D eigenvalue weighted by Gasteiger charge is -2.47. The fourth-order valence-corrected chi connectivity index (χ4v) is 3.68. The van der Waals surface area contributed by atoms with Crippen molar-refractivity contribution in [2.45, 2.75) is 24.9 Å². The Morgan fingerprint density at radius 3 is 2.46 bits per heavy atom. The molecule has 0 radical (unpaired) electrons. The van der Waals surface area contributed by atoms with Crippen LogP contribution in [0.2, 0.25) is 0 Å². The first kappa shape index (κ1) is 18.7. The van der Waals surface area contributed by atoms with Crippen LogP contribution in [0.5, 0.6) is 5.75 Å². The van der Waals surface area contributed by atoms with Gasteiger partial charge < -0.3 is 25.0 Å². The summed E-state index contributed by atoms with van der Waals surface area (Å²) < 4.78 is 11.2. The molecule has 0 aromatic heterocycles. The SMILES string of the molecule is COc1ccc(C(=O)N2CCOC3(CCN(C(=O)CCN)CC3)C2)cc1. The van der Waals surface area contributed by atoms with E-state index in [1.807, 2.05) is 9.80 Å². The van der Waals surface area contributed by atoms with Crippen LogP contribution in [0.3, 0.4) is 0 Å². The molecule has 26 heavy (non-hydrogen) atoms. The summed E-state index contributed by atoms with van der Waals surface area (Å²) in [6.07, 6.45) is 1.88. The minimum Gasteiger partial charge on any atom is -0.497 e. The van der Waals surface area contributed by atoms with Gasteiger partial charge in [0.05, 0.1) is 25.9 Å². The summed E-state index contributed by atoms with van der Waals surface area (Å²) in [5.41, 5.74) is 5.78. The van der Waals surface area contributed by atoms with Crippen LogP contribution in [0.15, 0.2) is 24.3 Å². The first-order chi connectivity index (χ1) is 12.6. The highest BCUT2D eigenvalue weighted by Gasteiger charge is 2.41. The Hall–Kier alpha value is -2.12. The summed E-state index contributed by atoms with van der Waals surface area (Å²) in [5.74, 6) is 0.843. The number of methoxy groups -OCH3 is 1. The monoisotopic (exact) mass is 361 g/mol. The van der Waals surface area contributed by atoms with E-state index >= 15 is 0 Å². The number of hydrogen-bond donors (Lipinski definition) is 1. The highest BCUT2D eigenvalue weighted by molar-refractivity contribution is 5.94. The fraction of sp³-hybridized carbons (Fsp3) is 0.579. The number of ether oxygens (including phenoxy) is 2. The zero-order chi connectivity index (χ0) is 18.6. The van der Waals surface area contributed by atoms with Crippen LogP contribution in [-0.2, 0) is 9.53 Å². The maximum Gasteiger partial charge on any atom is 0.254 e. The molecule has 2 fully saturated rings. The van der Waals surface area contributed by atoms with Gasteiger partial charge in [-0.2, -0.15) is 0 Å². The second-order valence-corrected chi connectivity index (χ2v) is 6.91. The van der Waals surface area contributed by atoms with E-state index < -0.39 is 0 Å². The first-order valence-corrected chi connectivity index (χ1v) is 9.12. The average molecular weight is 361 g/mol. The summed E-state index contributed by atoms with van der Waals surface area (Å²) in [5, 5.41) is 0. The Labute approximate surface area is 154 Å². The van der Waals surface area contributed by atoms with Crippen molar-refractivity contribution >= 4 is 11.8 Å². The fourth-order valence-electron chi connectivity index (χ4n) is 3.68. The molecule has 2 amide bonds. The van der Waals surface area contributed by atoms with Gasteiger partial charge in [-0.3, -0.25) is 9.59 Å². The second-order valence-electron chi connectivity index (χ2n) is 6.91. The van der Waals surface area contributed by atoms with E-state index in [4.69, 9.17) is 15.2 Å². The van der Waals surface area contributed by atoms with Gasteiger partial charge in [0.25, 0.3) is 5.91 Å². The Balaban J connectivity index is 1.62. The number of morpholine rings is 1. The average Bonchev–Trinajstić information content (AvgIpc) is 2.68. The Morgan fingerprint density at radius 2 is 1.85 bits per heavy atom. The summed E-state index contributed by atoms with van der Waals surface area (Å²) in [7, 11) is 1.60. The number of amides is 2. The molecule has 0 bridgehead atoms. The van der Waals surface area contributed by atoms with Crippen molar-refractivity contribution in [3.05, 3.63) is 29.8 Å². The molecule has 3 rings (SSSR count). The lowest BCUT2D eigenvalue weighted by Crippen LogP contribution is -2.58. The zero-order valence-corrected chi connectivity index (χ0v) is 15.3. The molecule has 1 spiro atoms. The normalized spacial score (nSPS) is 19.5. The van der Waals surface area contributed by atoms with Crippen molar-refractivity contribution in [3.8, 4) is 5.75 Å². The standard InChI is InChI=1S/C19H27N3O4/c1-25-16-4-2-15(3-5-16)18(24)22-12-13-26-19(14-22)7-10-21(11-8-19)17(23)6-9-20/h2-5H,6-14,20H2,1H3. The molecule has 2 saturated heterocycles. The number of piperidine rings is 1. The zero-order valence-electron chi connectivity index (χ0n) is 15.3. The van der Waals surface area contributed by atoms with Gasteiger partial charge in [-0.1, -0.05) is 0 Å². The number of nitrogens with two attached hydrogens (primary N) is 1. The van der Waals surface area contributed by atoms with Crippen molar-refractivity contribution in [1.29, 1.82) is 0 Å². The molecular weight excluding hydrogens is 334 g/mol. The topological polar surface area (TPSA) is 85.1 Å². The van der Waals surface area contributed by atoms with Crippen molar-refractivity contribution in [1.82, 2.24) is 9.80 Å². The van der Waals surface area contributed by atoms with Crippen LogP contribution >= 0.6 is 0 Å². The minimum atomic E-state index is -0.347. The van der Waals surface area contributed by atoms with Gasteiger partial charge >= 0.3 is 0 Å². The number of nitrogens with zero attached hydrogens (tertiary/aromatic N) is 2. The molecule has 2 aliphatic heterocycles. The number of rotatable bonds is 4. The van der Waals surface area contributed by atoms with Crippen LogP contribution in [0.4, 0.5) is 0 Å². The van der Waals surface area contributed by atoms with Crippen LogP contribution in [0.1, 0.15) is 29.6 Å². The molecule has 2 aliphatic rings. The van der Waals surface area contributed by atoms with Gasteiger partial charge in [-0.15, -0.1) is 0 Å². The number of carbonyl (C=O) groups is 2. The van der Waals surface area contributed by atoms with Crippen molar-refractivity contribution in [2.24, 2.45) is 5.73 Å². The number of likely N-dealkylation sites (tertiary alicyclic amines) is 1. The van der Waals surface area contributed by atoms with E-state index in [1.165, 1.54) is 0 Å². The van der Waals surface area contributed by atoms with Gasteiger partial charge in [-0.05, 0) is 37.1 Å². The molecule has 142 valence electrons. The Kier molecular flexibility index (Phi) is 5.78. The molecule has 2 heterocycles. The van der Waals surface area contributed by atoms with Crippen molar-refractivity contribution < 1.29 is 19.1 Å². The summed E-state index contributed by atoms with van der Waals surface area (Å²) in [6, 6.07) is 7.17. The maximum absolute atomic E-state index is 12.8. The number of hydrogen-bond acceptors (Lipinski definition) is 5. The van der Waals surface area contributed by atoms with Gasteiger partial charge in [-0.25, -0.2) is 0 Å². The molecule has 0 atom stereocenters. The Bertz CT molecular complexity index is 639. The largest absolute Gasteiger partial charge is 0.497 e. The maximum atomic E-state index is 12.8. The van der Waals surface area contributed by atoms with E-state index in [1.54, 1.807) is 31.4 Å². The number of carbonyl (C=O) groups excluding carboxylic acids is 2. The second kappa shape index (κ2) is 8.05. The molecule has 7 nitrogen and oxygen atoms in total. The van der Waals surface area contributed by atoms with Gasteiger partial charge in [0, 0.05) is 38.2 Å². The van der Waals surface area contributed by atoms with E-state index in [2.05, 4.69) is 0 Å². The first-order valence-electron chi connectivity index (χ1n) is 9.12. The molecule has 1 aromatic rings.